The van der Waals surface area contributed by atoms with Crippen molar-refractivity contribution in [3.05, 3.63) is 93.9 Å². The number of amidine groups is 1. The average Bonchev–Trinajstić information content (AvgIpc) is 3.27. The number of hydrogen-bond donors (Lipinski definition) is 3. The number of hydrogen-bond acceptors (Lipinski definition) is 11. The monoisotopic (exact) mass is 739 g/mol. The van der Waals surface area contributed by atoms with Gasteiger partial charge in [-0.1, -0.05) is 36.0 Å². The fraction of sp³-hybridized carbons (Fsp3) is 0.289. The first-order valence-electron chi connectivity index (χ1n) is 17.0. The van der Waals surface area contributed by atoms with Gasteiger partial charge in [0.15, 0.2) is 5.17 Å². The molecule has 1 unspecified atom stereocenters. The predicted octanol–water partition coefficient (Wildman–Crippen LogP) is 4.36. The summed E-state index contributed by atoms with van der Waals surface area (Å²) in [7, 11) is 0. The molecule has 53 heavy (non-hydrogen) atoms. The zero-order valence-electron chi connectivity index (χ0n) is 29.1. The van der Waals surface area contributed by atoms with Gasteiger partial charge in [-0.2, -0.15) is 0 Å². The van der Waals surface area contributed by atoms with Gasteiger partial charge in [0.1, 0.15) is 18.4 Å². The quantitative estimate of drug-likeness (QED) is 0.168. The van der Waals surface area contributed by atoms with Crippen molar-refractivity contribution in [1.29, 1.82) is 0 Å². The Morgan fingerprint density at radius 1 is 0.887 bits per heavy atom. The van der Waals surface area contributed by atoms with E-state index in [1.165, 1.54) is 17.8 Å². The summed E-state index contributed by atoms with van der Waals surface area (Å²) in [5, 5.41) is 10.2. The molecular weight excluding hydrogens is 703 g/mol. The number of piperidine rings is 1. The van der Waals surface area contributed by atoms with Gasteiger partial charge in [-0.25, -0.2) is 4.99 Å². The van der Waals surface area contributed by atoms with Crippen LogP contribution in [0.4, 0.5) is 11.4 Å². The minimum atomic E-state index is -1.06. The van der Waals surface area contributed by atoms with Crippen LogP contribution in [0.1, 0.15) is 68.4 Å². The second-order valence-corrected chi connectivity index (χ2v) is 13.2. The molecular formula is C38H37N5O9S. The number of rotatable bonds is 13. The van der Waals surface area contributed by atoms with Crippen LogP contribution in [0.25, 0.3) is 5.57 Å². The highest BCUT2D eigenvalue weighted by Crippen LogP contribution is 2.35. The number of aryl methyl sites for hydroxylation is 1. The lowest BCUT2D eigenvalue weighted by Crippen LogP contribution is -2.54. The third-order valence-corrected chi connectivity index (χ3v) is 9.49. The molecule has 274 valence electrons. The first-order valence-corrected chi connectivity index (χ1v) is 17.8. The number of fused-ring (bicyclic) bond motifs is 2. The number of thioether (sulfide) groups is 1. The molecule has 0 aliphatic carbocycles. The average molecular weight is 740 g/mol. The van der Waals surface area contributed by atoms with Gasteiger partial charge in [0.05, 0.1) is 49.7 Å². The third kappa shape index (κ3) is 8.71. The molecule has 0 aromatic heterocycles. The number of aliphatic imine (C=N–C) groups is 1. The molecule has 6 amide bonds. The van der Waals surface area contributed by atoms with Crippen molar-refractivity contribution >= 4 is 69.3 Å². The summed E-state index contributed by atoms with van der Waals surface area (Å²) >= 11 is 1.34. The molecule has 3 aromatic rings. The minimum Gasteiger partial charge on any atom is -0.490 e. The van der Waals surface area contributed by atoms with Crippen LogP contribution in [0.5, 0.6) is 5.75 Å². The van der Waals surface area contributed by atoms with Gasteiger partial charge in [-0.3, -0.25) is 39.0 Å². The molecule has 3 aliphatic rings. The molecule has 1 atom stereocenters. The van der Waals surface area contributed by atoms with Crippen molar-refractivity contribution in [1.82, 2.24) is 15.5 Å². The molecule has 3 aromatic carbocycles. The van der Waals surface area contributed by atoms with Gasteiger partial charge in [0.2, 0.25) is 17.7 Å². The van der Waals surface area contributed by atoms with Crippen molar-refractivity contribution in [2.75, 3.05) is 38.4 Å². The largest absolute Gasteiger partial charge is 0.490 e. The van der Waals surface area contributed by atoms with Gasteiger partial charge < -0.3 is 24.8 Å². The number of allylic oxidation sites excluding steroid dienone is 1. The molecule has 6 rings (SSSR count). The molecule has 15 heteroatoms. The van der Waals surface area contributed by atoms with E-state index < -0.39 is 29.7 Å². The van der Waals surface area contributed by atoms with Crippen LogP contribution >= 0.6 is 11.8 Å². The standard InChI is InChI=1S/C38H37N5O9S/c1-22-6-3-10-27-32(22)23(2)21-53-38(40-27)42-34(46)24-7-4-8-25(20-24)39-31(45)14-15-50-16-17-51-18-19-52-29-11-5-9-26-33(29)37(49)43(36(26)48)28-12-13-30(44)41-35(28)47/h3-11,20-21,28H,12-19H2,1-2H3,(H,39,45)(H,40,42,46)(H,41,44,47). The lowest BCUT2D eigenvalue weighted by Gasteiger charge is -2.27. The fourth-order valence-electron chi connectivity index (χ4n) is 6.09. The first-order chi connectivity index (χ1) is 25.6. The molecule has 1 fully saturated rings. The molecule has 0 radical (unpaired) electrons. The van der Waals surface area contributed by atoms with Gasteiger partial charge in [-0.15, -0.1) is 0 Å². The molecule has 14 nitrogen and oxygen atoms in total. The Labute approximate surface area is 309 Å². The van der Waals surface area contributed by atoms with E-state index in [-0.39, 0.29) is 81.0 Å². The van der Waals surface area contributed by atoms with Crippen LogP contribution < -0.4 is 20.7 Å². The Kier molecular flexibility index (Phi) is 11.8. The summed E-state index contributed by atoms with van der Waals surface area (Å²) in [6, 6.07) is 16.1. The van der Waals surface area contributed by atoms with Crippen molar-refractivity contribution < 1.29 is 43.0 Å². The summed E-state index contributed by atoms with van der Waals surface area (Å²) < 4.78 is 16.8. The maximum Gasteiger partial charge on any atom is 0.266 e. The zero-order chi connectivity index (χ0) is 37.5. The number of imide groups is 2. The SMILES string of the molecule is CC1=CSC(NC(=O)c2cccc(NC(=O)CCOCCOCCOc3cccc4c3C(=O)N(C3CCC(=O)NC3=O)C4=O)c2)=Nc2cccc(C)c21. The van der Waals surface area contributed by atoms with Crippen molar-refractivity contribution in [3.8, 4) is 5.75 Å². The molecule has 0 saturated carbocycles. The Morgan fingerprint density at radius 2 is 1.64 bits per heavy atom. The fourth-order valence-corrected chi connectivity index (χ4v) is 6.80. The second kappa shape index (κ2) is 16.8. The summed E-state index contributed by atoms with van der Waals surface area (Å²) in [4.78, 5) is 81.1. The number of nitrogens with one attached hydrogen (secondary N) is 3. The number of carbonyl (C=O) groups is 6. The van der Waals surface area contributed by atoms with E-state index in [0.29, 0.717) is 16.4 Å². The molecule has 1 saturated heterocycles. The van der Waals surface area contributed by atoms with Crippen LogP contribution in [0.2, 0.25) is 0 Å². The van der Waals surface area contributed by atoms with Crippen molar-refractivity contribution in [3.63, 3.8) is 0 Å². The van der Waals surface area contributed by atoms with Crippen LogP contribution in [-0.4, -0.2) is 84.6 Å². The highest BCUT2D eigenvalue weighted by Gasteiger charge is 2.46. The molecule has 0 spiro atoms. The van der Waals surface area contributed by atoms with Crippen LogP contribution in [0, 0.1) is 6.92 Å². The zero-order valence-corrected chi connectivity index (χ0v) is 29.9. The van der Waals surface area contributed by atoms with Crippen molar-refractivity contribution in [2.24, 2.45) is 4.99 Å². The number of amides is 6. The third-order valence-electron chi connectivity index (χ3n) is 8.60. The van der Waals surface area contributed by atoms with Gasteiger partial charge in [-0.05, 0) is 73.2 Å². The lowest BCUT2D eigenvalue weighted by molar-refractivity contribution is -0.136. The number of carbonyl (C=O) groups excluding carboxylic acids is 6. The van der Waals surface area contributed by atoms with Gasteiger partial charge in [0, 0.05) is 23.2 Å². The van der Waals surface area contributed by atoms with E-state index in [2.05, 4.69) is 20.9 Å². The van der Waals surface area contributed by atoms with E-state index >= 15 is 0 Å². The Balaban J connectivity index is 0.885. The van der Waals surface area contributed by atoms with Crippen molar-refractivity contribution in [2.45, 2.75) is 39.2 Å². The number of ether oxygens (including phenoxy) is 3. The maximum absolute atomic E-state index is 13.2. The van der Waals surface area contributed by atoms with E-state index in [9.17, 15) is 28.8 Å². The highest BCUT2D eigenvalue weighted by molar-refractivity contribution is 8.16. The molecule has 3 N–H and O–H groups in total. The van der Waals surface area contributed by atoms with E-state index in [1.807, 2.05) is 37.5 Å². The van der Waals surface area contributed by atoms with Crippen LogP contribution in [0.15, 0.2) is 71.1 Å². The number of benzene rings is 3. The van der Waals surface area contributed by atoms with Gasteiger partial charge in [0.25, 0.3) is 17.7 Å². The van der Waals surface area contributed by atoms with E-state index in [1.54, 1.807) is 36.4 Å². The van der Waals surface area contributed by atoms with Crippen LogP contribution in [0.3, 0.4) is 0 Å². The minimum absolute atomic E-state index is 0.0308. The Hall–Kier alpha value is -5.64. The highest BCUT2D eigenvalue weighted by atomic mass is 32.2. The Bertz CT molecular complexity index is 2050. The lowest BCUT2D eigenvalue weighted by atomic mass is 10.0. The topological polar surface area (TPSA) is 182 Å². The molecule has 3 heterocycles. The second-order valence-electron chi connectivity index (χ2n) is 12.3. The summed E-state index contributed by atoms with van der Waals surface area (Å²) in [5.41, 5.74) is 5.04. The molecule has 3 aliphatic heterocycles. The van der Waals surface area contributed by atoms with Gasteiger partial charge >= 0.3 is 0 Å². The van der Waals surface area contributed by atoms with Crippen LogP contribution in [-0.2, 0) is 23.9 Å². The summed E-state index contributed by atoms with van der Waals surface area (Å²) in [5.74, 6) is -2.84. The predicted molar refractivity (Wildman–Crippen MR) is 197 cm³/mol. The number of nitrogens with zero attached hydrogens (tertiary/aromatic N) is 2. The summed E-state index contributed by atoms with van der Waals surface area (Å²) in [6.07, 6.45) is 0.175. The first kappa shape index (κ1) is 37.1. The molecule has 0 bridgehead atoms. The summed E-state index contributed by atoms with van der Waals surface area (Å²) in [6.45, 7) is 4.86. The van der Waals surface area contributed by atoms with E-state index in [4.69, 9.17) is 14.2 Å². The number of anilines is 1. The van der Waals surface area contributed by atoms with E-state index in [0.717, 1.165) is 27.3 Å². The normalized spacial score (nSPS) is 16.6. The maximum atomic E-state index is 13.2. The smallest absolute Gasteiger partial charge is 0.266 e. The Morgan fingerprint density at radius 3 is 2.45 bits per heavy atom.